The lowest BCUT2D eigenvalue weighted by atomic mass is 10.0. The van der Waals surface area contributed by atoms with E-state index in [2.05, 4.69) is 30.1 Å². The van der Waals surface area contributed by atoms with E-state index in [1.54, 1.807) is 4.57 Å². The maximum Gasteiger partial charge on any atom is 0.179 e. The van der Waals surface area contributed by atoms with Crippen LogP contribution in [0, 0.1) is 41.3 Å². The number of nitrogens with zero attached hydrogens (tertiary/aromatic N) is 3. The summed E-state index contributed by atoms with van der Waals surface area (Å²) in [4.78, 5) is 2.78. The van der Waals surface area contributed by atoms with Crippen molar-refractivity contribution < 1.29 is 0 Å². The zero-order chi connectivity index (χ0) is 14.9. The highest BCUT2D eigenvalue weighted by molar-refractivity contribution is 7.71. The van der Waals surface area contributed by atoms with Crippen molar-refractivity contribution in [2.24, 2.45) is 0 Å². The van der Waals surface area contributed by atoms with E-state index in [0.717, 1.165) is 5.56 Å². The lowest BCUT2D eigenvalue weighted by Crippen LogP contribution is -2.09. The van der Waals surface area contributed by atoms with Crippen LogP contribution in [0.5, 0.6) is 0 Å². The Morgan fingerprint density at radius 3 is 2.45 bits per heavy atom. The molecule has 0 bridgehead atoms. The number of aromatic amines is 1. The Balaban J connectivity index is 2.60. The third-order valence-electron chi connectivity index (χ3n) is 3.55. The van der Waals surface area contributed by atoms with E-state index in [1.165, 1.54) is 11.1 Å². The molecule has 0 saturated heterocycles. The fraction of sp³-hybridized carbons (Fsp3) is 0.267. The Morgan fingerprint density at radius 1 is 1.20 bits per heavy atom. The predicted octanol–water partition coefficient (Wildman–Crippen LogP) is 3.52. The number of aryl methyl sites for hydroxylation is 2. The standard InChI is InChI=1S/C15H14N4S/c1-9-4-5-12(6-10(9)2)11(3)19-14(8-17)13(7-16)18-15(19)20/h4-6,11H,1-3H3,(H,18,20). The summed E-state index contributed by atoms with van der Waals surface area (Å²) in [6, 6.07) is 10.1. The molecule has 1 N–H and O–H groups in total. The molecule has 0 saturated carbocycles. The van der Waals surface area contributed by atoms with Crippen LogP contribution < -0.4 is 0 Å². The molecule has 1 unspecified atom stereocenters. The maximum atomic E-state index is 9.25. The molecule has 100 valence electrons. The average molecular weight is 282 g/mol. The first-order valence-electron chi connectivity index (χ1n) is 6.21. The molecule has 1 atom stereocenters. The van der Waals surface area contributed by atoms with Crippen LogP contribution in [0.4, 0.5) is 0 Å². The zero-order valence-corrected chi connectivity index (χ0v) is 12.4. The molecule has 0 spiro atoms. The molecule has 0 aliphatic carbocycles. The first kappa shape index (κ1) is 14.0. The van der Waals surface area contributed by atoms with Gasteiger partial charge in [-0.2, -0.15) is 10.5 Å². The second kappa shape index (κ2) is 5.32. The van der Waals surface area contributed by atoms with Gasteiger partial charge in [0.1, 0.15) is 12.1 Å². The molecule has 0 radical (unpaired) electrons. The fourth-order valence-corrected chi connectivity index (χ4v) is 2.53. The van der Waals surface area contributed by atoms with Gasteiger partial charge < -0.3 is 9.55 Å². The van der Waals surface area contributed by atoms with Gasteiger partial charge in [0, 0.05) is 0 Å². The molecule has 0 aliphatic heterocycles. The summed E-state index contributed by atoms with van der Waals surface area (Å²) >= 11 is 5.23. The van der Waals surface area contributed by atoms with Crippen molar-refractivity contribution in [3.8, 4) is 12.1 Å². The minimum absolute atomic E-state index is 0.102. The number of benzene rings is 1. The fourth-order valence-electron chi connectivity index (χ4n) is 2.18. The number of hydrogen-bond acceptors (Lipinski definition) is 3. The van der Waals surface area contributed by atoms with E-state index in [-0.39, 0.29) is 17.4 Å². The summed E-state index contributed by atoms with van der Waals surface area (Å²) in [5.41, 5.74) is 3.97. The number of nitrogens with one attached hydrogen (secondary N) is 1. The molecule has 1 aromatic carbocycles. The van der Waals surface area contributed by atoms with Gasteiger partial charge in [0.2, 0.25) is 0 Å². The molecular weight excluding hydrogens is 268 g/mol. The minimum Gasteiger partial charge on any atom is -0.321 e. The van der Waals surface area contributed by atoms with Crippen LogP contribution >= 0.6 is 12.2 Å². The van der Waals surface area contributed by atoms with Crippen LogP contribution in [0.1, 0.15) is 41.0 Å². The topological polar surface area (TPSA) is 68.3 Å². The Bertz CT molecular complexity index is 799. The van der Waals surface area contributed by atoms with Crippen molar-refractivity contribution in [3.63, 3.8) is 0 Å². The summed E-state index contributed by atoms with van der Waals surface area (Å²) in [5, 5.41) is 18.3. The van der Waals surface area contributed by atoms with Crippen LogP contribution in [-0.2, 0) is 0 Å². The van der Waals surface area contributed by atoms with Crippen LogP contribution in [-0.4, -0.2) is 9.55 Å². The van der Waals surface area contributed by atoms with Gasteiger partial charge in [0.05, 0.1) is 6.04 Å². The van der Waals surface area contributed by atoms with Crippen molar-refractivity contribution in [2.75, 3.05) is 0 Å². The van der Waals surface area contributed by atoms with Crippen molar-refractivity contribution in [1.29, 1.82) is 10.5 Å². The predicted molar refractivity (Wildman–Crippen MR) is 78.8 cm³/mol. The molecule has 0 aliphatic rings. The van der Waals surface area contributed by atoms with Gasteiger partial charge in [-0.3, -0.25) is 0 Å². The van der Waals surface area contributed by atoms with E-state index in [1.807, 2.05) is 26.0 Å². The number of aromatic nitrogens is 2. The molecule has 2 rings (SSSR count). The van der Waals surface area contributed by atoms with Crippen molar-refractivity contribution in [3.05, 3.63) is 51.0 Å². The van der Waals surface area contributed by atoms with Gasteiger partial charge in [-0.15, -0.1) is 0 Å². The van der Waals surface area contributed by atoms with Crippen LogP contribution in [0.2, 0.25) is 0 Å². The molecule has 2 aromatic rings. The molecule has 0 amide bonds. The molecule has 0 fully saturated rings. The van der Waals surface area contributed by atoms with Gasteiger partial charge in [0.15, 0.2) is 16.2 Å². The lowest BCUT2D eigenvalue weighted by molar-refractivity contribution is 0.623. The number of H-pyrrole nitrogens is 1. The van der Waals surface area contributed by atoms with E-state index in [0.29, 0.717) is 4.77 Å². The second-order valence-electron chi connectivity index (χ2n) is 4.77. The van der Waals surface area contributed by atoms with Gasteiger partial charge in [-0.05, 0) is 49.7 Å². The van der Waals surface area contributed by atoms with Crippen LogP contribution in [0.15, 0.2) is 18.2 Å². The molecule has 5 heteroatoms. The highest BCUT2D eigenvalue weighted by Gasteiger charge is 2.18. The number of rotatable bonds is 2. The summed E-state index contributed by atoms with van der Waals surface area (Å²) in [6.07, 6.45) is 0. The SMILES string of the molecule is Cc1ccc(C(C)n2c(C#N)c(C#N)[nH]c2=S)cc1C. The minimum atomic E-state index is -0.102. The van der Waals surface area contributed by atoms with Gasteiger partial charge in [-0.1, -0.05) is 18.2 Å². The van der Waals surface area contributed by atoms with Gasteiger partial charge in [-0.25, -0.2) is 0 Å². The summed E-state index contributed by atoms with van der Waals surface area (Å²) in [7, 11) is 0. The summed E-state index contributed by atoms with van der Waals surface area (Å²) in [5.74, 6) is 0. The van der Waals surface area contributed by atoms with Crippen LogP contribution in [0.3, 0.4) is 0 Å². The molecule has 1 aromatic heterocycles. The summed E-state index contributed by atoms with van der Waals surface area (Å²) < 4.78 is 2.08. The Hall–Kier alpha value is -2.37. The third kappa shape index (κ3) is 2.24. The smallest absolute Gasteiger partial charge is 0.179 e. The number of imidazole rings is 1. The third-order valence-corrected chi connectivity index (χ3v) is 3.85. The Kier molecular flexibility index (Phi) is 3.74. The highest BCUT2D eigenvalue weighted by Crippen LogP contribution is 2.23. The monoisotopic (exact) mass is 282 g/mol. The molecule has 20 heavy (non-hydrogen) atoms. The van der Waals surface area contributed by atoms with Crippen LogP contribution in [0.25, 0.3) is 0 Å². The maximum absolute atomic E-state index is 9.25. The Labute approximate surface area is 122 Å². The van der Waals surface area contributed by atoms with E-state index < -0.39 is 0 Å². The highest BCUT2D eigenvalue weighted by atomic mass is 32.1. The molecular formula is C15H14N4S. The largest absolute Gasteiger partial charge is 0.321 e. The van der Waals surface area contributed by atoms with Gasteiger partial charge in [0.25, 0.3) is 0 Å². The Morgan fingerprint density at radius 2 is 1.90 bits per heavy atom. The first-order chi connectivity index (χ1) is 9.49. The van der Waals surface area contributed by atoms with Crippen molar-refractivity contribution in [1.82, 2.24) is 9.55 Å². The van der Waals surface area contributed by atoms with Crippen molar-refractivity contribution >= 4 is 12.2 Å². The molecule has 1 heterocycles. The second-order valence-corrected chi connectivity index (χ2v) is 5.15. The quantitative estimate of drug-likeness (QED) is 0.857. The lowest BCUT2D eigenvalue weighted by Gasteiger charge is -2.16. The van der Waals surface area contributed by atoms with Gasteiger partial charge >= 0.3 is 0 Å². The van der Waals surface area contributed by atoms with Crippen molar-refractivity contribution in [2.45, 2.75) is 26.8 Å². The number of nitriles is 2. The first-order valence-corrected chi connectivity index (χ1v) is 6.62. The zero-order valence-electron chi connectivity index (χ0n) is 11.6. The molecule has 4 nitrogen and oxygen atoms in total. The van der Waals surface area contributed by atoms with E-state index in [4.69, 9.17) is 17.5 Å². The average Bonchev–Trinajstić information content (AvgIpc) is 2.76. The normalized spacial score (nSPS) is 11.7. The summed E-state index contributed by atoms with van der Waals surface area (Å²) in [6.45, 7) is 6.07. The number of hydrogen-bond donors (Lipinski definition) is 1. The van der Waals surface area contributed by atoms with E-state index in [9.17, 15) is 5.26 Å². The van der Waals surface area contributed by atoms with E-state index >= 15 is 0 Å².